The molecule has 1 heterocycles. The zero-order chi connectivity index (χ0) is 13.9. The number of carbonyl (C=O) groups excluding carboxylic acids is 1. The number of likely N-dealkylation sites (N-methyl/N-ethyl adjacent to an activating group) is 1. The molecule has 1 amide bonds. The van der Waals surface area contributed by atoms with Crippen LogP contribution in [0.2, 0.25) is 0 Å². The van der Waals surface area contributed by atoms with Crippen molar-refractivity contribution in [3.8, 4) is 0 Å². The molecule has 0 fully saturated rings. The van der Waals surface area contributed by atoms with Gasteiger partial charge in [-0.25, -0.2) is 4.79 Å². The fourth-order valence-corrected chi connectivity index (χ4v) is 2.42. The van der Waals surface area contributed by atoms with Crippen molar-refractivity contribution in [3.05, 3.63) is 21.4 Å². The van der Waals surface area contributed by atoms with Gasteiger partial charge < -0.3 is 15.3 Å². The van der Waals surface area contributed by atoms with Crippen LogP contribution in [0, 0.1) is 6.92 Å². The number of thiophene rings is 1. The normalized spacial score (nSPS) is 12.2. The van der Waals surface area contributed by atoms with Crippen LogP contribution < -0.4 is 5.32 Å². The third kappa shape index (κ3) is 3.54. The number of carboxylic acid groups (broad SMARTS) is 1. The fraction of sp³-hybridized carbons (Fsp3) is 0.500. The second kappa shape index (κ2) is 5.97. The first kappa shape index (κ1) is 14.7. The van der Waals surface area contributed by atoms with Gasteiger partial charge in [-0.1, -0.05) is 0 Å². The van der Waals surface area contributed by atoms with Crippen molar-refractivity contribution >= 4 is 23.2 Å². The first-order valence-corrected chi connectivity index (χ1v) is 6.41. The second-order valence-corrected chi connectivity index (χ2v) is 5.59. The minimum absolute atomic E-state index is 0.00124. The number of carbonyl (C=O) groups is 2. The average molecular weight is 270 g/mol. The van der Waals surface area contributed by atoms with E-state index in [4.69, 9.17) is 5.11 Å². The van der Waals surface area contributed by atoms with Gasteiger partial charge in [0, 0.05) is 25.5 Å². The van der Waals surface area contributed by atoms with Gasteiger partial charge in [0.25, 0.3) is 0 Å². The summed E-state index contributed by atoms with van der Waals surface area (Å²) in [5.74, 6) is -0.909. The maximum absolute atomic E-state index is 11.6. The topological polar surface area (TPSA) is 69.6 Å². The van der Waals surface area contributed by atoms with Crippen LogP contribution in [-0.2, 0) is 11.3 Å². The lowest BCUT2D eigenvalue weighted by atomic mass is 10.2. The van der Waals surface area contributed by atoms with E-state index >= 15 is 0 Å². The first-order chi connectivity index (χ1) is 8.32. The van der Waals surface area contributed by atoms with Crippen molar-refractivity contribution < 1.29 is 14.7 Å². The summed E-state index contributed by atoms with van der Waals surface area (Å²) in [4.78, 5) is 25.3. The average Bonchev–Trinajstić information content (AvgIpc) is 2.66. The molecule has 100 valence electrons. The molecule has 6 heteroatoms. The van der Waals surface area contributed by atoms with E-state index in [2.05, 4.69) is 5.32 Å². The monoisotopic (exact) mass is 270 g/mol. The number of rotatable bonds is 5. The Labute approximate surface area is 110 Å². The molecule has 18 heavy (non-hydrogen) atoms. The number of aromatic carboxylic acids is 1. The maximum atomic E-state index is 11.6. The SMILES string of the molecule is Cc1sc(C(=O)O)cc1CNC(C)C(=O)N(C)C. The van der Waals surface area contributed by atoms with Crippen LogP contribution in [0.15, 0.2) is 6.07 Å². The van der Waals surface area contributed by atoms with Crippen LogP contribution in [0.1, 0.15) is 27.0 Å². The Balaban J connectivity index is 2.64. The van der Waals surface area contributed by atoms with E-state index in [-0.39, 0.29) is 11.9 Å². The number of carboxylic acids is 1. The number of nitrogens with zero attached hydrogens (tertiary/aromatic N) is 1. The van der Waals surface area contributed by atoms with E-state index < -0.39 is 5.97 Å². The minimum atomic E-state index is -0.910. The molecule has 1 unspecified atom stereocenters. The standard InChI is InChI=1S/C12H18N2O3S/c1-7(11(15)14(3)4)13-6-9-5-10(12(16)17)18-8(9)2/h5,7,13H,6H2,1-4H3,(H,16,17). The molecule has 5 nitrogen and oxygen atoms in total. The highest BCUT2D eigenvalue weighted by atomic mass is 32.1. The molecule has 0 aromatic carbocycles. The van der Waals surface area contributed by atoms with Crippen molar-refractivity contribution in [1.82, 2.24) is 10.2 Å². The Morgan fingerprint density at radius 2 is 2.11 bits per heavy atom. The van der Waals surface area contributed by atoms with Crippen molar-refractivity contribution in [3.63, 3.8) is 0 Å². The summed E-state index contributed by atoms with van der Waals surface area (Å²) in [5.41, 5.74) is 0.927. The number of nitrogens with one attached hydrogen (secondary N) is 1. The number of hydrogen-bond donors (Lipinski definition) is 2. The molecule has 1 aromatic heterocycles. The van der Waals surface area contributed by atoms with E-state index in [0.717, 1.165) is 10.4 Å². The van der Waals surface area contributed by atoms with Gasteiger partial charge in [0.05, 0.1) is 6.04 Å². The van der Waals surface area contributed by atoms with Gasteiger partial charge in [0.1, 0.15) is 4.88 Å². The Morgan fingerprint density at radius 3 is 2.56 bits per heavy atom. The summed E-state index contributed by atoms with van der Waals surface area (Å²) in [7, 11) is 3.41. The number of aryl methyl sites for hydroxylation is 1. The zero-order valence-corrected chi connectivity index (χ0v) is 11.8. The molecule has 0 bridgehead atoms. The summed E-state index contributed by atoms with van der Waals surface area (Å²) < 4.78 is 0. The molecule has 0 saturated carbocycles. The smallest absolute Gasteiger partial charge is 0.345 e. The molecule has 0 radical (unpaired) electrons. The molecule has 2 N–H and O–H groups in total. The highest BCUT2D eigenvalue weighted by Gasteiger charge is 2.16. The fourth-order valence-electron chi connectivity index (χ4n) is 1.54. The van der Waals surface area contributed by atoms with Crippen LogP contribution in [0.5, 0.6) is 0 Å². The zero-order valence-electron chi connectivity index (χ0n) is 11.0. The first-order valence-electron chi connectivity index (χ1n) is 5.60. The van der Waals surface area contributed by atoms with E-state index in [1.54, 1.807) is 27.1 Å². The van der Waals surface area contributed by atoms with E-state index in [1.807, 2.05) is 6.92 Å². The maximum Gasteiger partial charge on any atom is 0.345 e. The summed E-state index contributed by atoms with van der Waals surface area (Å²) in [6, 6.07) is 1.37. The van der Waals surface area contributed by atoms with Gasteiger partial charge in [0.2, 0.25) is 5.91 Å². The van der Waals surface area contributed by atoms with Gasteiger partial charge in [-0.2, -0.15) is 0 Å². The Kier molecular flexibility index (Phi) is 4.86. The quantitative estimate of drug-likeness (QED) is 0.846. The highest BCUT2D eigenvalue weighted by molar-refractivity contribution is 7.14. The Hall–Kier alpha value is -1.40. The summed E-state index contributed by atoms with van der Waals surface area (Å²) in [6.45, 7) is 4.17. The molecule has 1 atom stereocenters. The molecule has 0 aliphatic heterocycles. The van der Waals surface area contributed by atoms with Crippen molar-refractivity contribution in [2.45, 2.75) is 26.4 Å². The van der Waals surface area contributed by atoms with E-state index in [9.17, 15) is 9.59 Å². The number of amides is 1. The van der Waals surface area contributed by atoms with Crippen LogP contribution in [-0.4, -0.2) is 42.0 Å². The summed E-state index contributed by atoms with van der Waals surface area (Å²) in [5, 5.41) is 12.0. The predicted molar refractivity (Wildman–Crippen MR) is 71.0 cm³/mol. The van der Waals surface area contributed by atoms with Gasteiger partial charge in [0.15, 0.2) is 0 Å². The highest BCUT2D eigenvalue weighted by Crippen LogP contribution is 2.21. The van der Waals surface area contributed by atoms with Gasteiger partial charge in [-0.15, -0.1) is 11.3 Å². The third-order valence-electron chi connectivity index (χ3n) is 2.64. The lowest BCUT2D eigenvalue weighted by Crippen LogP contribution is -2.41. The van der Waals surface area contributed by atoms with Crippen LogP contribution in [0.3, 0.4) is 0 Å². The molecule has 0 aliphatic rings. The lowest BCUT2D eigenvalue weighted by Gasteiger charge is -2.17. The van der Waals surface area contributed by atoms with Crippen molar-refractivity contribution in [2.75, 3.05) is 14.1 Å². The van der Waals surface area contributed by atoms with Crippen LogP contribution in [0.25, 0.3) is 0 Å². The van der Waals surface area contributed by atoms with E-state index in [0.29, 0.717) is 11.4 Å². The van der Waals surface area contributed by atoms with Crippen LogP contribution >= 0.6 is 11.3 Å². The summed E-state index contributed by atoms with van der Waals surface area (Å²) in [6.07, 6.45) is 0. The Bertz CT molecular complexity index is 454. The third-order valence-corrected chi connectivity index (χ3v) is 3.72. The largest absolute Gasteiger partial charge is 0.477 e. The van der Waals surface area contributed by atoms with Gasteiger partial charge in [-0.05, 0) is 25.5 Å². The molecular weight excluding hydrogens is 252 g/mol. The molecular formula is C12H18N2O3S. The molecule has 1 rings (SSSR count). The minimum Gasteiger partial charge on any atom is -0.477 e. The molecule has 1 aromatic rings. The number of hydrogen-bond acceptors (Lipinski definition) is 4. The summed E-state index contributed by atoms with van der Waals surface area (Å²) >= 11 is 1.25. The molecule has 0 spiro atoms. The lowest BCUT2D eigenvalue weighted by molar-refractivity contribution is -0.130. The van der Waals surface area contributed by atoms with E-state index in [1.165, 1.54) is 16.2 Å². The predicted octanol–water partition coefficient (Wildman–Crippen LogP) is 1.32. The molecule has 0 saturated heterocycles. The van der Waals surface area contributed by atoms with Crippen molar-refractivity contribution in [1.29, 1.82) is 0 Å². The molecule has 0 aliphatic carbocycles. The van der Waals surface area contributed by atoms with Crippen LogP contribution in [0.4, 0.5) is 0 Å². The van der Waals surface area contributed by atoms with Gasteiger partial charge in [-0.3, -0.25) is 4.79 Å². The van der Waals surface area contributed by atoms with Gasteiger partial charge >= 0.3 is 5.97 Å². The Morgan fingerprint density at radius 1 is 1.50 bits per heavy atom. The van der Waals surface area contributed by atoms with Crippen molar-refractivity contribution in [2.24, 2.45) is 0 Å². The second-order valence-electron chi connectivity index (χ2n) is 4.33.